The second-order valence-electron chi connectivity index (χ2n) is 3.34. The fourth-order valence-corrected chi connectivity index (χ4v) is 1.67. The molecule has 0 aromatic carbocycles. The molecule has 0 saturated carbocycles. The Hall–Kier alpha value is -1.58. The smallest absolute Gasteiger partial charge is 0.223 e. The molecule has 14 heavy (non-hydrogen) atoms. The van der Waals surface area contributed by atoms with Gasteiger partial charge >= 0.3 is 0 Å². The highest BCUT2D eigenvalue weighted by Crippen LogP contribution is 2.26. The molecule has 4 nitrogen and oxygen atoms in total. The van der Waals surface area contributed by atoms with Crippen LogP contribution in [0.4, 0.5) is 11.4 Å². The van der Waals surface area contributed by atoms with Gasteiger partial charge in [-0.05, 0) is 12.5 Å². The van der Waals surface area contributed by atoms with Crippen LogP contribution in [-0.2, 0) is 4.79 Å². The first-order chi connectivity index (χ1) is 6.79. The number of amides is 1. The molecule has 0 bridgehead atoms. The molecule has 4 heteroatoms. The molecule has 0 unspecified atom stereocenters. The Morgan fingerprint density at radius 1 is 1.64 bits per heavy atom. The number of fused-ring (bicyclic) bond motifs is 1. The average molecular weight is 191 g/mol. The molecule has 1 aliphatic rings. The highest BCUT2D eigenvalue weighted by atomic mass is 16.2. The number of hydrogen-bond acceptors (Lipinski definition) is 3. The molecule has 1 N–H and O–H groups in total. The van der Waals surface area contributed by atoms with Crippen LogP contribution in [0.3, 0.4) is 0 Å². The molecule has 1 aromatic heterocycles. The van der Waals surface area contributed by atoms with E-state index in [2.05, 4.69) is 10.3 Å². The van der Waals surface area contributed by atoms with E-state index >= 15 is 0 Å². The number of hydrogen-bond donors (Lipinski definition) is 1. The Labute approximate surface area is 82.9 Å². The molecule has 0 radical (unpaired) electrons. The number of anilines is 2. The minimum atomic E-state index is 0.0844. The monoisotopic (exact) mass is 191 g/mol. The lowest BCUT2D eigenvalue weighted by molar-refractivity contribution is -0.116. The molecule has 2 heterocycles. The zero-order valence-corrected chi connectivity index (χ0v) is 8.16. The summed E-state index contributed by atoms with van der Waals surface area (Å²) in [6, 6.07) is 1.87. The summed E-state index contributed by atoms with van der Waals surface area (Å²) in [6.07, 6.45) is 4.44. The van der Waals surface area contributed by atoms with Crippen LogP contribution in [0, 0.1) is 0 Å². The molecular formula is C10H13N3O. The van der Waals surface area contributed by atoms with Crippen molar-refractivity contribution < 1.29 is 4.79 Å². The van der Waals surface area contributed by atoms with Crippen molar-refractivity contribution in [1.29, 1.82) is 0 Å². The highest BCUT2D eigenvalue weighted by molar-refractivity contribution is 5.95. The highest BCUT2D eigenvalue weighted by Gasteiger charge is 2.17. The molecule has 1 aliphatic heterocycles. The van der Waals surface area contributed by atoms with E-state index in [0.29, 0.717) is 0 Å². The number of carbonyl (C=O) groups is 1. The maximum absolute atomic E-state index is 11.4. The van der Waals surface area contributed by atoms with Gasteiger partial charge in [-0.1, -0.05) is 0 Å². The van der Waals surface area contributed by atoms with Crippen molar-refractivity contribution in [2.24, 2.45) is 0 Å². The van der Waals surface area contributed by atoms with E-state index in [0.717, 1.165) is 30.9 Å². The lowest BCUT2D eigenvalue weighted by atomic mass is 10.3. The van der Waals surface area contributed by atoms with Crippen molar-refractivity contribution in [3.05, 3.63) is 18.5 Å². The Kier molecular flexibility index (Phi) is 2.35. The van der Waals surface area contributed by atoms with Crippen LogP contribution in [0.1, 0.15) is 13.3 Å². The molecule has 0 fully saturated rings. The standard InChI is InChI=1S/C10H13N3O/c1-8(14)13-6-2-4-12-9-7-11-5-3-10(9)13/h3,5,7,12H,2,4,6H2,1H3. The molecule has 1 aromatic rings. The largest absolute Gasteiger partial charge is 0.382 e. The van der Waals surface area contributed by atoms with Gasteiger partial charge in [0.25, 0.3) is 0 Å². The summed E-state index contributed by atoms with van der Waals surface area (Å²) in [5, 5.41) is 3.25. The van der Waals surface area contributed by atoms with Gasteiger partial charge in [0.15, 0.2) is 0 Å². The fraction of sp³-hybridized carbons (Fsp3) is 0.400. The van der Waals surface area contributed by atoms with Gasteiger partial charge in [-0.3, -0.25) is 9.78 Å². The average Bonchev–Trinajstić information content (AvgIpc) is 2.39. The first kappa shape index (κ1) is 8.99. The lowest BCUT2D eigenvalue weighted by Crippen LogP contribution is -2.28. The number of nitrogens with one attached hydrogen (secondary N) is 1. The zero-order valence-electron chi connectivity index (χ0n) is 8.16. The number of carbonyl (C=O) groups excluding carboxylic acids is 1. The van der Waals surface area contributed by atoms with Gasteiger partial charge in [0.1, 0.15) is 0 Å². The van der Waals surface area contributed by atoms with E-state index in [4.69, 9.17) is 0 Å². The molecule has 2 rings (SSSR count). The second kappa shape index (κ2) is 3.65. The van der Waals surface area contributed by atoms with Gasteiger partial charge < -0.3 is 10.2 Å². The van der Waals surface area contributed by atoms with Crippen LogP contribution in [0.5, 0.6) is 0 Å². The molecule has 0 atom stereocenters. The van der Waals surface area contributed by atoms with E-state index in [-0.39, 0.29) is 5.91 Å². The van der Waals surface area contributed by atoms with Gasteiger partial charge in [-0.2, -0.15) is 0 Å². The van der Waals surface area contributed by atoms with Gasteiger partial charge in [-0.25, -0.2) is 0 Å². The Balaban J connectivity index is 2.42. The maximum Gasteiger partial charge on any atom is 0.223 e. The van der Waals surface area contributed by atoms with E-state index in [1.54, 1.807) is 24.2 Å². The Morgan fingerprint density at radius 3 is 3.29 bits per heavy atom. The molecule has 0 aliphatic carbocycles. The summed E-state index contributed by atoms with van der Waals surface area (Å²) in [6.45, 7) is 3.26. The summed E-state index contributed by atoms with van der Waals surface area (Å²) in [4.78, 5) is 17.2. The number of rotatable bonds is 0. The molecule has 0 saturated heterocycles. The van der Waals surface area contributed by atoms with Crippen LogP contribution in [-0.4, -0.2) is 24.0 Å². The van der Waals surface area contributed by atoms with Crippen LogP contribution in [0.2, 0.25) is 0 Å². The molecule has 74 valence electrons. The SMILES string of the molecule is CC(=O)N1CCCNc2cnccc21. The molecular weight excluding hydrogens is 178 g/mol. The number of nitrogens with zero attached hydrogens (tertiary/aromatic N) is 2. The summed E-state index contributed by atoms with van der Waals surface area (Å²) >= 11 is 0. The molecule has 0 spiro atoms. The van der Waals surface area contributed by atoms with E-state index < -0.39 is 0 Å². The summed E-state index contributed by atoms with van der Waals surface area (Å²) in [7, 11) is 0. The van der Waals surface area contributed by atoms with Crippen molar-refractivity contribution >= 4 is 17.3 Å². The van der Waals surface area contributed by atoms with E-state index in [1.807, 2.05) is 6.07 Å². The van der Waals surface area contributed by atoms with E-state index in [9.17, 15) is 4.79 Å². The predicted octanol–water partition coefficient (Wildman–Crippen LogP) is 1.25. The first-order valence-corrected chi connectivity index (χ1v) is 4.75. The summed E-state index contributed by atoms with van der Waals surface area (Å²) in [5.41, 5.74) is 1.88. The van der Waals surface area contributed by atoms with Gasteiger partial charge in [0, 0.05) is 26.2 Å². The van der Waals surface area contributed by atoms with Gasteiger partial charge in [0.05, 0.1) is 17.6 Å². The number of pyridine rings is 1. The Bertz CT molecular complexity index is 351. The Morgan fingerprint density at radius 2 is 2.50 bits per heavy atom. The third-order valence-corrected chi connectivity index (χ3v) is 2.34. The predicted molar refractivity (Wildman–Crippen MR) is 55.4 cm³/mol. The van der Waals surface area contributed by atoms with Crippen LogP contribution in [0.25, 0.3) is 0 Å². The second-order valence-corrected chi connectivity index (χ2v) is 3.34. The topological polar surface area (TPSA) is 45.2 Å². The quantitative estimate of drug-likeness (QED) is 0.671. The van der Waals surface area contributed by atoms with Crippen molar-refractivity contribution in [1.82, 2.24) is 4.98 Å². The minimum absolute atomic E-state index is 0.0844. The fourth-order valence-electron chi connectivity index (χ4n) is 1.67. The molecule has 1 amide bonds. The van der Waals surface area contributed by atoms with Crippen LogP contribution in [0.15, 0.2) is 18.5 Å². The number of aromatic nitrogens is 1. The normalized spacial score (nSPS) is 15.4. The van der Waals surface area contributed by atoms with Crippen molar-refractivity contribution in [3.63, 3.8) is 0 Å². The van der Waals surface area contributed by atoms with Crippen molar-refractivity contribution in [2.75, 3.05) is 23.3 Å². The third-order valence-electron chi connectivity index (χ3n) is 2.34. The first-order valence-electron chi connectivity index (χ1n) is 4.75. The summed E-state index contributed by atoms with van der Waals surface area (Å²) < 4.78 is 0. The maximum atomic E-state index is 11.4. The lowest BCUT2D eigenvalue weighted by Gasteiger charge is -2.19. The van der Waals surface area contributed by atoms with Crippen LogP contribution < -0.4 is 10.2 Å². The minimum Gasteiger partial charge on any atom is -0.382 e. The van der Waals surface area contributed by atoms with E-state index in [1.165, 1.54) is 0 Å². The summed E-state index contributed by atoms with van der Waals surface area (Å²) in [5.74, 6) is 0.0844. The van der Waals surface area contributed by atoms with Crippen molar-refractivity contribution in [3.8, 4) is 0 Å². The van der Waals surface area contributed by atoms with Gasteiger partial charge in [-0.15, -0.1) is 0 Å². The van der Waals surface area contributed by atoms with Crippen molar-refractivity contribution in [2.45, 2.75) is 13.3 Å². The van der Waals surface area contributed by atoms with Crippen LogP contribution >= 0.6 is 0 Å². The zero-order chi connectivity index (χ0) is 9.97. The third kappa shape index (κ3) is 1.55. The van der Waals surface area contributed by atoms with Gasteiger partial charge in [0.2, 0.25) is 5.91 Å².